The Balaban J connectivity index is 2.33. The molecule has 1 aliphatic heterocycles. The maximum absolute atomic E-state index is 11.3. The summed E-state index contributed by atoms with van der Waals surface area (Å²) in [5.74, 6) is -0.344. The fourth-order valence-corrected chi connectivity index (χ4v) is 3.04. The monoisotopic (exact) mass is 296 g/mol. The van der Waals surface area contributed by atoms with Crippen molar-refractivity contribution in [3.05, 3.63) is 15.8 Å². The van der Waals surface area contributed by atoms with E-state index in [1.54, 1.807) is 14.0 Å². The van der Waals surface area contributed by atoms with Crippen molar-refractivity contribution in [1.29, 1.82) is 0 Å². The van der Waals surface area contributed by atoms with Gasteiger partial charge in [0.2, 0.25) is 5.82 Å². The molecule has 0 aliphatic carbocycles. The zero-order chi connectivity index (χ0) is 15.6. The molecule has 1 aliphatic rings. The summed E-state index contributed by atoms with van der Waals surface area (Å²) in [5.41, 5.74) is 0.416. The molecule has 0 bridgehead atoms. The van der Waals surface area contributed by atoms with Crippen molar-refractivity contribution >= 4 is 17.5 Å². The quantitative estimate of drug-likeness (QED) is 0.657. The van der Waals surface area contributed by atoms with Crippen LogP contribution in [0, 0.1) is 17.0 Å². The number of nitrogens with zero attached hydrogens (tertiary/aromatic N) is 4. The summed E-state index contributed by atoms with van der Waals surface area (Å²) in [6.07, 6.45) is 3.40. The van der Waals surface area contributed by atoms with Crippen LogP contribution in [0.2, 0.25) is 0 Å². The van der Waals surface area contributed by atoms with Gasteiger partial charge in [-0.15, -0.1) is 0 Å². The Morgan fingerprint density at radius 2 is 2.24 bits per heavy atom. The lowest BCUT2D eigenvalue weighted by molar-refractivity contribution is -0.384. The normalized spacial score (nSPS) is 18.8. The SMILES string of the molecule is Cc1nn(C)c(N2CCCCC2CCC(=O)O)c1[N+](=O)[O-]. The largest absolute Gasteiger partial charge is 0.481 e. The lowest BCUT2D eigenvalue weighted by Gasteiger charge is -2.36. The molecule has 1 unspecified atom stereocenters. The maximum Gasteiger partial charge on any atom is 0.333 e. The standard InChI is InChI=1S/C13H20N4O4/c1-9-12(17(20)21)13(15(2)14-9)16-8-4-3-5-10(16)6-7-11(18)19/h10H,3-8H2,1-2H3,(H,18,19). The van der Waals surface area contributed by atoms with Gasteiger partial charge in [-0.05, 0) is 32.6 Å². The highest BCUT2D eigenvalue weighted by Gasteiger charge is 2.33. The van der Waals surface area contributed by atoms with Crippen LogP contribution in [0.5, 0.6) is 0 Å². The van der Waals surface area contributed by atoms with Crippen LogP contribution in [0.25, 0.3) is 0 Å². The van der Waals surface area contributed by atoms with E-state index < -0.39 is 10.9 Å². The fourth-order valence-electron chi connectivity index (χ4n) is 3.04. The second-order valence-corrected chi connectivity index (χ2v) is 5.41. The third-order valence-corrected chi connectivity index (χ3v) is 3.93. The number of nitro groups is 1. The Kier molecular flexibility index (Phi) is 4.44. The molecule has 8 heteroatoms. The summed E-state index contributed by atoms with van der Waals surface area (Å²) in [5, 5.41) is 24.3. The van der Waals surface area contributed by atoms with Crippen LogP contribution in [-0.4, -0.2) is 38.4 Å². The number of hydrogen-bond acceptors (Lipinski definition) is 5. The van der Waals surface area contributed by atoms with Crippen LogP contribution in [0.15, 0.2) is 0 Å². The molecule has 2 heterocycles. The first-order valence-electron chi connectivity index (χ1n) is 7.08. The van der Waals surface area contributed by atoms with Crippen LogP contribution in [0.4, 0.5) is 11.5 Å². The van der Waals surface area contributed by atoms with Gasteiger partial charge < -0.3 is 10.0 Å². The molecular formula is C13H20N4O4. The Hall–Kier alpha value is -2.12. The van der Waals surface area contributed by atoms with Crippen LogP contribution in [-0.2, 0) is 11.8 Å². The Bertz CT molecular complexity index is 555. The molecule has 1 N–H and O–H groups in total. The maximum atomic E-state index is 11.3. The Morgan fingerprint density at radius 1 is 1.52 bits per heavy atom. The smallest absolute Gasteiger partial charge is 0.333 e. The second-order valence-electron chi connectivity index (χ2n) is 5.41. The van der Waals surface area contributed by atoms with Gasteiger partial charge in [0.1, 0.15) is 5.69 Å². The average molecular weight is 296 g/mol. The van der Waals surface area contributed by atoms with Crippen molar-refractivity contribution in [2.75, 3.05) is 11.4 Å². The van der Waals surface area contributed by atoms with Crippen molar-refractivity contribution in [3.8, 4) is 0 Å². The van der Waals surface area contributed by atoms with Gasteiger partial charge in [-0.1, -0.05) is 0 Å². The lowest BCUT2D eigenvalue weighted by Crippen LogP contribution is -2.41. The van der Waals surface area contributed by atoms with Gasteiger partial charge in [0, 0.05) is 26.1 Å². The van der Waals surface area contributed by atoms with E-state index in [0.29, 0.717) is 24.5 Å². The average Bonchev–Trinajstić information content (AvgIpc) is 2.71. The third kappa shape index (κ3) is 3.14. The number of anilines is 1. The summed E-state index contributed by atoms with van der Waals surface area (Å²) in [7, 11) is 1.69. The third-order valence-electron chi connectivity index (χ3n) is 3.93. The summed E-state index contributed by atoms with van der Waals surface area (Å²) in [6.45, 7) is 2.32. The van der Waals surface area contributed by atoms with Crippen molar-refractivity contribution in [3.63, 3.8) is 0 Å². The molecule has 0 radical (unpaired) electrons. The number of aliphatic carboxylic acids is 1. The minimum absolute atomic E-state index is 0.0170. The van der Waals surface area contributed by atoms with Crippen molar-refractivity contribution in [2.24, 2.45) is 7.05 Å². The fraction of sp³-hybridized carbons (Fsp3) is 0.692. The molecule has 2 rings (SSSR count). The minimum atomic E-state index is -0.837. The van der Waals surface area contributed by atoms with E-state index >= 15 is 0 Å². The van der Waals surface area contributed by atoms with Crippen molar-refractivity contribution < 1.29 is 14.8 Å². The number of hydrogen-bond donors (Lipinski definition) is 1. The van der Waals surface area contributed by atoms with Gasteiger partial charge >= 0.3 is 11.7 Å². The molecule has 1 aromatic rings. The molecule has 1 atom stereocenters. The van der Waals surface area contributed by atoms with Crippen LogP contribution >= 0.6 is 0 Å². The lowest BCUT2D eigenvalue weighted by atomic mass is 9.98. The van der Waals surface area contributed by atoms with Gasteiger partial charge in [0.15, 0.2) is 0 Å². The highest BCUT2D eigenvalue weighted by Crippen LogP contribution is 2.35. The number of aryl methyl sites for hydroxylation is 2. The molecule has 0 saturated carbocycles. The molecule has 8 nitrogen and oxygen atoms in total. The molecule has 116 valence electrons. The van der Waals surface area contributed by atoms with Gasteiger partial charge in [-0.3, -0.25) is 14.9 Å². The van der Waals surface area contributed by atoms with Crippen LogP contribution in [0.1, 0.15) is 37.8 Å². The summed E-state index contributed by atoms with van der Waals surface area (Å²) < 4.78 is 1.53. The van der Waals surface area contributed by atoms with E-state index in [1.807, 2.05) is 4.90 Å². The molecule has 21 heavy (non-hydrogen) atoms. The second kappa shape index (κ2) is 6.11. The Morgan fingerprint density at radius 3 is 2.86 bits per heavy atom. The molecule has 1 aromatic heterocycles. The van der Waals surface area contributed by atoms with E-state index in [9.17, 15) is 14.9 Å². The first kappa shape index (κ1) is 15.3. The molecular weight excluding hydrogens is 276 g/mol. The van der Waals surface area contributed by atoms with Gasteiger partial charge in [-0.2, -0.15) is 5.10 Å². The molecule has 0 aromatic carbocycles. The predicted molar refractivity (Wildman–Crippen MR) is 76.5 cm³/mol. The molecule has 1 saturated heterocycles. The Labute approximate surface area is 122 Å². The number of piperidine rings is 1. The van der Waals surface area contributed by atoms with Crippen molar-refractivity contribution in [2.45, 2.75) is 45.1 Å². The topological polar surface area (TPSA) is 102 Å². The van der Waals surface area contributed by atoms with E-state index in [-0.39, 0.29) is 18.2 Å². The van der Waals surface area contributed by atoms with Gasteiger partial charge in [0.25, 0.3) is 0 Å². The van der Waals surface area contributed by atoms with Crippen LogP contribution < -0.4 is 4.90 Å². The number of carbonyl (C=O) groups is 1. The highest BCUT2D eigenvalue weighted by molar-refractivity contribution is 5.67. The number of rotatable bonds is 5. The van der Waals surface area contributed by atoms with Gasteiger partial charge in [-0.25, -0.2) is 4.68 Å². The van der Waals surface area contributed by atoms with Gasteiger partial charge in [0.05, 0.1) is 4.92 Å². The number of aromatic nitrogens is 2. The minimum Gasteiger partial charge on any atom is -0.481 e. The molecule has 1 fully saturated rings. The van der Waals surface area contributed by atoms with Crippen LogP contribution in [0.3, 0.4) is 0 Å². The number of carboxylic acid groups (broad SMARTS) is 1. The first-order valence-corrected chi connectivity index (χ1v) is 7.08. The predicted octanol–water partition coefficient (Wildman–Crippen LogP) is 1.86. The summed E-state index contributed by atoms with van der Waals surface area (Å²) >= 11 is 0. The zero-order valence-electron chi connectivity index (χ0n) is 12.3. The summed E-state index contributed by atoms with van der Waals surface area (Å²) in [6, 6.07) is 0.0170. The zero-order valence-corrected chi connectivity index (χ0v) is 12.3. The van der Waals surface area contributed by atoms with E-state index in [4.69, 9.17) is 5.11 Å². The number of carboxylic acids is 1. The highest BCUT2D eigenvalue weighted by atomic mass is 16.6. The molecule has 0 spiro atoms. The van der Waals surface area contributed by atoms with E-state index in [0.717, 1.165) is 19.3 Å². The van der Waals surface area contributed by atoms with E-state index in [1.165, 1.54) is 4.68 Å². The van der Waals surface area contributed by atoms with Crippen molar-refractivity contribution in [1.82, 2.24) is 9.78 Å². The molecule has 0 amide bonds. The first-order chi connectivity index (χ1) is 9.91. The van der Waals surface area contributed by atoms with E-state index in [2.05, 4.69) is 5.10 Å². The summed E-state index contributed by atoms with van der Waals surface area (Å²) in [4.78, 5) is 23.7.